The van der Waals surface area contributed by atoms with Crippen molar-refractivity contribution in [2.24, 2.45) is 5.92 Å². The summed E-state index contributed by atoms with van der Waals surface area (Å²) in [5.41, 5.74) is -1.91. The van der Waals surface area contributed by atoms with Gasteiger partial charge < -0.3 is 4.90 Å². The molecule has 1 heterocycles. The number of alkyl halides is 4. The largest absolute Gasteiger partial charge is 0.419 e. The summed E-state index contributed by atoms with van der Waals surface area (Å²) in [6, 6.07) is 2.81. The zero-order valence-electron chi connectivity index (χ0n) is 11.1. The van der Waals surface area contributed by atoms with E-state index < -0.39 is 29.0 Å². The van der Waals surface area contributed by atoms with Gasteiger partial charge in [0.2, 0.25) is 0 Å². The summed E-state index contributed by atoms with van der Waals surface area (Å²) < 4.78 is 51.9. The molecule has 0 aliphatic carbocycles. The van der Waals surface area contributed by atoms with Crippen LogP contribution < -0.4 is 0 Å². The van der Waals surface area contributed by atoms with Gasteiger partial charge in [-0.15, -0.1) is 0 Å². The Hall–Kier alpha value is -1.11. The highest BCUT2D eigenvalue weighted by molar-refractivity contribution is 9.09. The van der Waals surface area contributed by atoms with E-state index in [0.29, 0.717) is 25.1 Å². The number of hydrogen-bond acceptors (Lipinski definition) is 1. The molecule has 7 heteroatoms. The fraction of sp³-hybridized carbons (Fsp3) is 0.500. The van der Waals surface area contributed by atoms with Crippen molar-refractivity contribution in [2.45, 2.75) is 19.0 Å². The number of rotatable bonds is 3. The Labute approximate surface area is 128 Å². The lowest BCUT2D eigenvalue weighted by atomic mass is 10.1. The van der Waals surface area contributed by atoms with Crippen LogP contribution in [0.15, 0.2) is 18.2 Å². The van der Waals surface area contributed by atoms with Crippen LogP contribution in [0.5, 0.6) is 0 Å². The zero-order chi connectivity index (χ0) is 15.6. The van der Waals surface area contributed by atoms with Gasteiger partial charge in [0.1, 0.15) is 5.82 Å². The first kappa shape index (κ1) is 16.3. The molecule has 0 N–H and O–H groups in total. The Morgan fingerprint density at radius 1 is 1.38 bits per heavy atom. The molecule has 1 aliphatic rings. The van der Waals surface area contributed by atoms with Crippen LogP contribution in [0.1, 0.15) is 28.8 Å². The third-order valence-corrected chi connectivity index (χ3v) is 4.08. The fourth-order valence-corrected chi connectivity index (χ4v) is 3.14. The number of benzene rings is 1. The molecule has 2 nitrogen and oxygen atoms in total. The Morgan fingerprint density at radius 3 is 2.71 bits per heavy atom. The Balaban J connectivity index is 2.21. The van der Waals surface area contributed by atoms with Gasteiger partial charge in [0, 0.05) is 18.4 Å². The summed E-state index contributed by atoms with van der Waals surface area (Å²) >= 11 is 3.32. The number of hydrogen-bond donors (Lipinski definition) is 0. The van der Waals surface area contributed by atoms with Crippen LogP contribution in [0.3, 0.4) is 0 Å². The van der Waals surface area contributed by atoms with Gasteiger partial charge in [-0.2, -0.15) is 13.2 Å². The lowest BCUT2D eigenvalue weighted by Gasteiger charge is -2.18. The van der Waals surface area contributed by atoms with Crippen molar-refractivity contribution in [2.75, 3.05) is 18.4 Å². The van der Waals surface area contributed by atoms with Crippen molar-refractivity contribution in [1.82, 2.24) is 4.90 Å². The summed E-state index contributed by atoms with van der Waals surface area (Å²) in [6.07, 6.45) is -3.13. The number of likely N-dealkylation sites (tertiary alicyclic amines) is 1. The SMILES string of the molecule is O=C(c1cccc(C(F)(F)F)c1F)N1CCC(CCBr)C1. The lowest BCUT2D eigenvalue weighted by molar-refractivity contribution is -0.140. The summed E-state index contributed by atoms with van der Waals surface area (Å²) in [5, 5.41) is 0.803. The van der Waals surface area contributed by atoms with Crippen molar-refractivity contribution in [1.29, 1.82) is 0 Å². The van der Waals surface area contributed by atoms with Gasteiger partial charge in [-0.1, -0.05) is 22.0 Å². The standard InChI is InChI=1S/C14H14BrF4NO/c15-6-4-9-5-7-20(8-9)13(21)10-2-1-3-11(12(10)16)14(17,18)19/h1-3,9H,4-8H2. The number of amides is 1. The first-order valence-corrected chi connectivity index (χ1v) is 7.67. The topological polar surface area (TPSA) is 20.3 Å². The van der Waals surface area contributed by atoms with E-state index in [4.69, 9.17) is 0 Å². The Morgan fingerprint density at radius 2 is 2.10 bits per heavy atom. The molecule has 1 aliphatic heterocycles. The molecule has 0 bridgehead atoms. The highest BCUT2D eigenvalue weighted by Crippen LogP contribution is 2.33. The van der Waals surface area contributed by atoms with E-state index in [1.54, 1.807) is 0 Å². The molecule has 1 unspecified atom stereocenters. The van der Waals surface area contributed by atoms with E-state index in [-0.39, 0.29) is 0 Å². The fourth-order valence-electron chi connectivity index (χ4n) is 2.49. The first-order valence-electron chi connectivity index (χ1n) is 6.55. The van der Waals surface area contributed by atoms with Crippen molar-refractivity contribution >= 4 is 21.8 Å². The third-order valence-electron chi connectivity index (χ3n) is 3.62. The molecule has 1 aromatic carbocycles. The second-order valence-corrected chi connectivity index (χ2v) is 5.84. The van der Waals surface area contributed by atoms with Crippen molar-refractivity contribution in [3.05, 3.63) is 35.1 Å². The molecule has 1 saturated heterocycles. The zero-order valence-corrected chi connectivity index (χ0v) is 12.7. The second-order valence-electron chi connectivity index (χ2n) is 5.05. The van der Waals surface area contributed by atoms with E-state index >= 15 is 0 Å². The predicted molar refractivity (Wildman–Crippen MR) is 73.8 cm³/mol. The van der Waals surface area contributed by atoms with Crippen LogP contribution in [0, 0.1) is 11.7 Å². The number of nitrogens with zero attached hydrogens (tertiary/aromatic N) is 1. The average molecular weight is 368 g/mol. The molecule has 0 spiro atoms. The summed E-state index contributed by atoms with van der Waals surface area (Å²) in [6.45, 7) is 0.909. The van der Waals surface area contributed by atoms with Gasteiger partial charge in [-0.05, 0) is 30.9 Å². The maximum atomic E-state index is 13.9. The molecule has 0 radical (unpaired) electrons. The molecule has 116 valence electrons. The molecule has 1 atom stereocenters. The minimum atomic E-state index is -4.80. The van der Waals surface area contributed by atoms with Crippen LogP contribution >= 0.6 is 15.9 Å². The maximum absolute atomic E-state index is 13.9. The van der Waals surface area contributed by atoms with Crippen LogP contribution in [-0.4, -0.2) is 29.2 Å². The third kappa shape index (κ3) is 3.56. The van der Waals surface area contributed by atoms with Gasteiger partial charge in [0.05, 0.1) is 11.1 Å². The van der Waals surface area contributed by atoms with Gasteiger partial charge in [-0.3, -0.25) is 4.79 Å². The molecular formula is C14H14BrF4NO. The molecule has 1 amide bonds. The normalized spacial score (nSPS) is 19.1. The number of carbonyl (C=O) groups excluding carboxylic acids is 1. The summed E-state index contributed by atoms with van der Waals surface area (Å²) in [5.74, 6) is -1.85. The van der Waals surface area contributed by atoms with Gasteiger partial charge in [-0.25, -0.2) is 4.39 Å². The molecule has 0 saturated carbocycles. The molecule has 2 rings (SSSR count). The van der Waals surface area contributed by atoms with Gasteiger partial charge in [0.15, 0.2) is 0 Å². The van der Waals surface area contributed by atoms with Crippen LogP contribution in [0.25, 0.3) is 0 Å². The van der Waals surface area contributed by atoms with Crippen LogP contribution in [-0.2, 0) is 6.18 Å². The number of carbonyl (C=O) groups is 1. The summed E-state index contributed by atoms with van der Waals surface area (Å²) in [4.78, 5) is 13.6. The Bertz CT molecular complexity index is 532. The van der Waals surface area contributed by atoms with E-state index in [1.165, 1.54) is 4.90 Å². The summed E-state index contributed by atoms with van der Waals surface area (Å²) in [7, 11) is 0. The van der Waals surface area contributed by atoms with Crippen LogP contribution in [0.2, 0.25) is 0 Å². The van der Waals surface area contributed by atoms with E-state index in [2.05, 4.69) is 15.9 Å². The maximum Gasteiger partial charge on any atom is 0.419 e. The minimum absolute atomic E-state index is 0.308. The van der Waals surface area contributed by atoms with Gasteiger partial charge in [0.25, 0.3) is 5.91 Å². The highest BCUT2D eigenvalue weighted by atomic mass is 79.9. The Kier molecular flexibility index (Phi) is 4.91. The lowest BCUT2D eigenvalue weighted by Crippen LogP contribution is -2.30. The molecule has 0 aromatic heterocycles. The average Bonchev–Trinajstić information content (AvgIpc) is 2.86. The molecule has 21 heavy (non-hydrogen) atoms. The van der Waals surface area contributed by atoms with Crippen molar-refractivity contribution < 1.29 is 22.4 Å². The van der Waals surface area contributed by atoms with Gasteiger partial charge >= 0.3 is 6.18 Å². The predicted octanol–water partition coefficient (Wildman–Crippen LogP) is 4.09. The van der Waals surface area contributed by atoms with E-state index in [0.717, 1.165) is 30.3 Å². The second kappa shape index (κ2) is 6.34. The monoisotopic (exact) mass is 367 g/mol. The quantitative estimate of drug-likeness (QED) is 0.581. The van der Waals surface area contributed by atoms with Crippen molar-refractivity contribution in [3.8, 4) is 0 Å². The molecule has 1 aromatic rings. The smallest absolute Gasteiger partial charge is 0.338 e. The van der Waals surface area contributed by atoms with Crippen molar-refractivity contribution in [3.63, 3.8) is 0 Å². The van der Waals surface area contributed by atoms with E-state index in [9.17, 15) is 22.4 Å². The number of halogens is 5. The molecule has 1 fully saturated rings. The minimum Gasteiger partial charge on any atom is -0.338 e. The first-order chi connectivity index (χ1) is 9.84. The highest BCUT2D eigenvalue weighted by Gasteiger charge is 2.37. The van der Waals surface area contributed by atoms with E-state index in [1.807, 2.05) is 0 Å². The molecular weight excluding hydrogens is 354 g/mol. The van der Waals surface area contributed by atoms with Crippen LogP contribution in [0.4, 0.5) is 17.6 Å².